The maximum absolute atomic E-state index is 7.79. The molecule has 0 N–H and O–H groups in total. The van der Waals surface area contributed by atoms with E-state index in [1.165, 1.54) is 80.3 Å². The topological polar surface area (TPSA) is 34.1 Å². The van der Waals surface area contributed by atoms with Crippen LogP contribution in [0, 0.1) is 91.7 Å². The zero-order chi connectivity index (χ0) is 38.1. The molecule has 3 heterocycles. The summed E-state index contributed by atoms with van der Waals surface area (Å²) in [7, 11) is 0. The molecule has 0 amide bonds. The van der Waals surface area contributed by atoms with Crippen LogP contribution in [0.1, 0.15) is 111 Å². The summed E-state index contributed by atoms with van der Waals surface area (Å²) in [4.78, 5) is 8.87. The van der Waals surface area contributed by atoms with Crippen LogP contribution in [-0.2, 0) is 9.47 Å². The van der Waals surface area contributed by atoms with Gasteiger partial charge in [0.1, 0.15) is 11.9 Å². The Morgan fingerprint density at radius 1 is 0.810 bits per heavy atom. The lowest BCUT2D eigenvalue weighted by Crippen LogP contribution is -2.69. The molecule has 4 heteroatoms. The van der Waals surface area contributed by atoms with Crippen molar-refractivity contribution in [2.24, 2.45) is 96.7 Å². The fourth-order valence-corrected chi connectivity index (χ4v) is 20.5. The third-order valence-electron chi connectivity index (χ3n) is 23.1. The van der Waals surface area contributed by atoms with Gasteiger partial charge in [0.15, 0.2) is 6.23 Å². The minimum absolute atomic E-state index is 0.0469. The molecule has 19 atom stereocenters. The molecule has 0 radical (unpaired) electrons. The van der Waals surface area contributed by atoms with Crippen LogP contribution in [0.3, 0.4) is 0 Å². The molecule has 3 aliphatic heterocycles. The standard InChI is InChI=1S/C54H62N2O2/c1-29-9-8-12-31-13-14-38-37(42(29)31)16-18-56-47(38)58-40-21-32(30-10-6-5-7-11-30)15-17-48(40,2)49(3)45(50(49,56)4)46-55-39(53-23-33-19-35-25-51(35,27-53)43(33)53)22-41(57-46)54-24-34-20-36-26-52(36,28-54)44(34)54/h6,8,10-16,21,29,31,33-36,38,41-44,47H,5,7,9,17-20,22-28H2,1-4H3/b46-45+/t29?,31?,33?,34?,35?,36-,38?,41?,42?,43?,44?,47?,48?,49?,50?,51?,52?,53?,54?/m0/s1. The Hall–Kier alpha value is -2.85. The van der Waals surface area contributed by atoms with Gasteiger partial charge in [-0.1, -0.05) is 81.0 Å². The maximum atomic E-state index is 7.79. The highest BCUT2D eigenvalue weighted by atomic mass is 16.5. The van der Waals surface area contributed by atoms with Gasteiger partial charge in [0.2, 0.25) is 5.88 Å². The second-order valence-corrected chi connectivity index (χ2v) is 24.5. The van der Waals surface area contributed by atoms with Gasteiger partial charge in [-0.15, -0.1) is 0 Å². The molecule has 13 aliphatic carbocycles. The second kappa shape index (κ2) is 9.61. The van der Waals surface area contributed by atoms with Crippen LogP contribution in [0.2, 0.25) is 0 Å². The van der Waals surface area contributed by atoms with E-state index in [0.717, 1.165) is 73.6 Å². The van der Waals surface area contributed by atoms with Crippen molar-refractivity contribution >= 4 is 5.71 Å². The van der Waals surface area contributed by atoms with Crippen molar-refractivity contribution in [3.05, 3.63) is 94.7 Å². The van der Waals surface area contributed by atoms with E-state index >= 15 is 0 Å². The van der Waals surface area contributed by atoms with Crippen molar-refractivity contribution in [3.8, 4) is 0 Å². The number of rotatable bonds is 3. The largest absolute Gasteiger partial charge is 0.478 e. The number of fused-ring (bicyclic) bond motifs is 9. The Balaban J connectivity index is 0.869. The van der Waals surface area contributed by atoms with Crippen LogP contribution >= 0.6 is 0 Å². The van der Waals surface area contributed by atoms with Crippen LogP contribution in [-0.4, -0.2) is 35.0 Å². The molecule has 58 heavy (non-hydrogen) atoms. The molecule has 300 valence electrons. The zero-order valence-corrected chi connectivity index (χ0v) is 35.3. The molecule has 16 aliphatic rings. The average Bonchev–Trinajstić information content (AvgIpc) is 4.14. The first-order valence-corrected chi connectivity index (χ1v) is 24.4. The summed E-state index contributed by atoms with van der Waals surface area (Å²) in [5.41, 5.74) is 9.08. The summed E-state index contributed by atoms with van der Waals surface area (Å²) in [5, 5.41) is 0. The van der Waals surface area contributed by atoms with Gasteiger partial charge in [-0.3, -0.25) is 4.90 Å². The van der Waals surface area contributed by atoms with Crippen LogP contribution in [0.5, 0.6) is 0 Å². The predicted molar refractivity (Wildman–Crippen MR) is 226 cm³/mol. The molecule has 18 unspecified atom stereocenters. The normalized spacial score (nSPS) is 61.6. The maximum Gasteiger partial charge on any atom is 0.215 e. The van der Waals surface area contributed by atoms with Gasteiger partial charge >= 0.3 is 0 Å². The first kappa shape index (κ1) is 32.9. The van der Waals surface area contributed by atoms with E-state index in [2.05, 4.69) is 93.4 Å². The second-order valence-electron chi connectivity index (χ2n) is 24.5. The van der Waals surface area contributed by atoms with Crippen molar-refractivity contribution in [1.29, 1.82) is 0 Å². The van der Waals surface area contributed by atoms with Crippen LogP contribution in [0.4, 0.5) is 0 Å². The smallest absolute Gasteiger partial charge is 0.215 e. The Kier molecular flexibility index (Phi) is 5.45. The number of allylic oxidation sites excluding steroid dienone is 11. The fourth-order valence-electron chi connectivity index (χ4n) is 20.5. The van der Waals surface area contributed by atoms with E-state index in [1.54, 1.807) is 11.3 Å². The van der Waals surface area contributed by atoms with E-state index in [9.17, 15) is 0 Å². The lowest BCUT2D eigenvalue weighted by atomic mass is 9.34. The van der Waals surface area contributed by atoms with E-state index < -0.39 is 0 Å². The van der Waals surface area contributed by atoms with Crippen molar-refractivity contribution in [3.63, 3.8) is 0 Å². The van der Waals surface area contributed by atoms with E-state index in [0.29, 0.717) is 45.5 Å². The number of nitrogens with zero attached hydrogens (tertiary/aromatic N) is 2. The van der Waals surface area contributed by atoms with Crippen LogP contribution < -0.4 is 0 Å². The molecule has 10 fully saturated rings. The molecule has 2 spiro atoms. The van der Waals surface area contributed by atoms with Gasteiger partial charge in [-0.2, -0.15) is 0 Å². The molecule has 1 saturated heterocycles. The predicted octanol–water partition coefficient (Wildman–Crippen LogP) is 11.2. The van der Waals surface area contributed by atoms with Crippen molar-refractivity contribution in [2.75, 3.05) is 6.54 Å². The molecule has 16 rings (SSSR count). The number of ether oxygens (including phenoxy) is 2. The average molecular weight is 771 g/mol. The first-order chi connectivity index (χ1) is 28.1. The van der Waals surface area contributed by atoms with Crippen molar-refractivity contribution < 1.29 is 9.47 Å². The minimum atomic E-state index is -0.223. The summed E-state index contributed by atoms with van der Waals surface area (Å²) in [5.74, 6) is 10.2. The quantitative estimate of drug-likeness (QED) is 0.268. The van der Waals surface area contributed by atoms with Gasteiger partial charge in [0.05, 0.1) is 5.54 Å². The summed E-state index contributed by atoms with van der Waals surface area (Å²) >= 11 is 0. The fraction of sp³-hybridized carbons (Fsp3) is 0.685. The first-order valence-electron chi connectivity index (χ1n) is 24.4. The zero-order valence-electron chi connectivity index (χ0n) is 35.3. The molecule has 0 aromatic rings. The summed E-state index contributed by atoms with van der Waals surface area (Å²) < 4.78 is 15.5. The van der Waals surface area contributed by atoms with Gasteiger partial charge < -0.3 is 9.47 Å². The molecule has 0 bridgehead atoms. The lowest BCUT2D eigenvalue weighted by molar-refractivity contribution is -0.239. The molecule has 4 nitrogen and oxygen atoms in total. The lowest BCUT2D eigenvalue weighted by Gasteiger charge is -2.71. The van der Waals surface area contributed by atoms with Crippen molar-refractivity contribution in [1.82, 2.24) is 4.90 Å². The third-order valence-corrected chi connectivity index (χ3v) is 23.1. The highest BCUT2D eigenvalue weighted by molar-refractivity contribution is 5.95. The van der Waals surface area contributed by atoms with Crippen LogP contribution in [0.25, 0.3) is 0 Å². The molecular weight excluding hydrogens is 709 g/mol. The molecule has 0 aromatic carbocycles. The Morgan fingerprint density at radius 2 is 1.66 bits per heavy atom. The molecule has 0 aromatic heterocycles. The van der Waals surface area contributed by atoms with Gasteiger partial charge in [0.25, 0.3) is 0 Å². The van der Waals surface area contributed by atoms with Gasteiger partial charge in [-0.05, 0) is 159 Å². The van der Waals surface area contributed by atoms with E-state index in [4.69, 9.17) is 14.5 Å². The summed E-state index contributed by atoms with van der Waals surface area (Å²) in [6.45, 7) is 11.2. The molecule has 9 saturated carbocycles. The highest BCUT2D eigenvalue weighted by Crippen LogP contribution is 2.93. The third kappa shape index (κ3) is 3.24. The SMILES string of the molecule is CC1CC=CC2C=CC3C(=CCN4C3OC3=CC(C5=CCCC=C5)=CCC3(C)C3(C)/C(=C5/N=C(C67CC8CC9CC9(C6)C87)CC(C67CC8C[C@H]9CC9(C6)C87)O5)C43C)C21. The van der Waals surface area contributed by atoms with Crippen molar-refractivity contribution in [2.45, 2.75) is 129 Å². The number of hydrogen-bond donors (Lipinski definition) is 0. The number of aliphatic imine (C=N–C) groups is 1. The monoisotopic (exact) mass is 770 g/mol. The summed E-state index contributed by atoms with van der Waals surface area (Å²) in [6.07, 6.45) is 42.6. The summed E-state index contributed by atoms with van der Waals surface area (Å²) in [6, 6.07) is 0. The van der Waals surface area contributed by atoms with Crippen LogP contribution in [0.15, 0.2) is 99.7 Å². The van der Waals surface area contributed by atoms with E-state index in [-0.39, 0.29) is 28.5 Å². The Labute approximate surface area is 345 Å². The molecular formula is C54H62N2O2. The Bertz CT molecular complexity index is 2370. The Morgan fingerprint density at radius 3 is 2.47 bits per heavy atom. The number of hydrogen-bond acceptors (Lipinski definition) is 4. The van der Waals surface area contributed by atoms with Gasteiger partial charge in [-0.25, -0.2) is 4.99 Å². The highest BCUT2D eigenvalue weighted by Gasteiger charge is 2.89. The van der Waals surface area contributed by atoms with Gasteiger partial charge in [0, 0.05) is 57.7 Å². The van der Waals surface area contributed by atoms with E-state index in [1.807, 2.05) is 0 Å². The minimum Gasteiger partial charge on any atom is -0.478 e.